The third kappa shape index (κ3) is 4.38. The van der Waals surface area contributed by atoms with Crippen LogP contribution in [0.25, 0.3) is 16.6 Å². The number of nitrogens with zero attached hydrogens (tertiary/aromatic N) is 4. The van der Waals surface area contributed by atoms with E-state index in [2.05, 4.69) is 15.6 Å². The van der Waals surface area contributed by atoms with Crippen molar-refractivity contribution in [2.45, 2.75) is 25.8 Å². The summed E-state index contributed by atoms with van der Waals surface area (Å²) in [5, 5.41) is 11.4. The van der Waals surface area contributed by atoms with E-state index in [1.54, 1.807) is 16.6 Å². The van der Waals surface area contributed by atoms with Crippen LogP contribution in [0.5, 0.6) is 5.88 Å². The van der Waals surface area contributed by atoms with Gasteiger partial charge in [-0.15, -0.1) is 0 Å². The van der Waals surface area contributed by atoms with Crippen LogP contribution in [0, 0.1) is 18.7 Å². The van der Waals surface area contributed by atoms with Gasteiger partial charge in [0.05, 0.1) is 17.1 Å². The van der Waals surface area contributed by atoms with Crippen LogP contribution < -0.4 is 10.1 Å². The molecule has 1 fully saturated rings. The Morgan fingerprint density at radius 3 is 2.82 bits per heavy atom. The molecule has 34 heavy (non-hydrogen) atoms. The number of fused-ring (bicyclic) bond motifs is 1. The molecule has 1 atom stereocenters. The number of carbonyl (C=O) groups excluding carboxylic acids is 1. The number of nitrogens with one attached hydrogen (secondary N) is 1. The van der Waals surface area contributed by atoms with Crippen molar-refractivity contribution in [3.8, 4) is 17.0 Å². The topological polar surface area (TPSA) is 84.9 Å². The van der Waals surface area contributed by atoms with Crippen LogP contribution in [-0.4, -0.2) is 46.3 Å². The minimum absolute atomic E-state index is 0.0134. The second-order valence-corrected chi connectivity index (χ2v) is 8.81. The van der Waals surface area contributed by atoms with Crippen molar-refractivity contribution in [2.24, 2.45) is 5.92 Å². The average Bonchev–Trinajstić information content (AvgIpc) is 3.49. The number of anilines is 1. The number of hydrogen-bond acceptors (Lipinski definition) is 6. The number of carbonyl (C=O) groups is 1. The Hall–Kier alpha value is -3.72. The Morgan fingerprint density at radius 1 is 1.29 bits per heavy atom. The first kappa shape index (κ1) is 22.1. The number of likely N-dealkylation sites (N-methyl/N-ethyl adjacent to an activating group) is 1. The van der Waals surface area contributed by atoms with E-state index in [-0.39, 0.29) is 30.3 Å². The summed E-state index contributed by atoms with van der Waals surface area (Å²) < 4.78 is 27.6. The third-order valence-electron chi connectivity index (χ3n) is 6.05. The van der Waals surface area contributed by atoms with Crippen LogP contribution in [-0.2, 0) is 4.79 Å². The molecule has 3 aromatic heterocycles. The maximum atomic E-state index is 14.4. The van der Waals surface area contributed by atoms with Crippen molar-refractivity contribution >= 4 is 17.2 Å². The Balaban J connectivity index is 1.39. The molecule has 1 saturated carbocycles. The minimum Gasteiger partial charge on any atom is -0.473 e. The number of hydrogen-bond donors (Lipinski definition) is 1. The molecule has 1 aliphatic rings. The number of aromatic nitrogens is 3. The third-order valence-corrected chi connectivity index (χ3v) is 6.05. The number of aryl methyl sites for hydroxylation is 1. The minimum atomic E-state index is -0.305. The highest BCUT2D eigenvalue weighted by Crippen LogP contribution is 2.35. The molecule has 1 aliphatic carbocycles. The first-order chi connectivity index (χ1) is 16.4. The van der Waals surface area contributed by atoms with Crippen molar-refractivity contribution in [3.63, 3.8) is 0 Å². The first-order valence-corrected chi connectivity index (χ1v) is 11.2. The molecule has 1 amide bonds. The molecule has 176 valence electrons. The van der Waals surface area contributed by atoms with E-state index in [4.69, 9.17) is 9.26 Å². The van der Waals surface area contributed by atoms with Crippen LogP contribution in [0.3, 0.4) is 0 Å². The molecule has 0 saturated heterocycles. The van der Waals surface area contributed by atoms with Gasteiger partial charge in [0, 0.05) is 23.7 Å². The number of benzene rings is 1. The summed E-state index contributed by atoms with van der Waals surface area (Å²) in [4.78, 5) is 14.0. The van der Waals surface area contributed by atoms with Crippen molar-refractivity contribution in [1.82, 2.24) is 19.7 Å². The van der Waals surface area contributed by atoms with Crippen molar-refractivity contribution < 1.29 is 18.4 Å². The lowest BCUT2D eigenvalue weighted by atomic mass is 10.1. The molecular weight excluding hydrogens is 437 g/mol. The molecule has 0 bridgehead atoms. The predicted octanol–water partition coefficient (Wildman–Crippen LogP) is 4.47. The molecule has 0 unspecified atom stereocenters. The number of amides is 1. The fraction of sp³-hybridized carbons (Fsp3) is 0.320. The summed E-state index contributed by atoms with van der Waals surface area (Å²) in [5.74, 6) is 1.30. The number of pyridine rings is 1. The smallest absolute Gasteiger partial charge is 0.262 e. The number of ether oxygens (including phenoxy) is 1. The lowest BCUT2D eigenvalue weighted by Gasteiger charge is -2.24. The Bertz CT molecular complexity index is 1340. The first-order valence-electron chi connectivity index (χ1n) is 11.2. The van der Waals surface area contributed by atoms with Gasteiger partial charge in [-0.3, -0.25) is 9.69 Å². The van der Waals surface area contributed by atoms with Crippen molar-refractivity contribution in [1.29, 1.82) is 0 Å². The van der Waals surface area contributed by atoms with Crippen LogP contribution in [0.2, 0.25) is 0 Å². The zero-order valence-electron chi connectivity index (χ0n) is 19.3. The van der Waals surface area contributed by atoms with E-state index in [1.165, 1.54) is 6.07 Å². The van der Waals surface area contributed by atoms with Gasteiger partial charge in [0.2, 0.25) is 5.91 Å². The van der Waals surface area contributed by atoms with Crippen LogP contribution >= 0.6 is 0 Å². The summed E-state index contributed by atoms with van der Waals surface area (Å²) >= 11 is 0. The van der Waals surface area contributed by atoms with Gasteiger partial charge in [-0.25, -0.2) is 8.91 Å². The van der Waals surface area contributed by atoms with Crippen LogP contribution in [0.4, 0.5) is 10.2 Å². The van der Waals surface area contributed by atoms with Gasteiger partial charge in [0.25, 0.3) is 5.88 Å². The van der Waals surface area contributed by atoms with Gasteiger partial charge >= 0.3 is 0 Å². The van der Waals surface area contributed by atoms with E-state index in [1.807, 2.05) is 56.4 Å². The van der Waals surface area contributed by atoms with Gasteiger partial charge < -0.3 is 14.6 Å². The highest BCUT2D eigenvalue weighted by atomic mass is 19.1. The lowest BCUT2D eigenvalue weighted by molar-refractivity contribution is -0.117. The van der Waals surface area contributed by atoms with E-state index < -0.39 is 0 Å². The fourth-order valence-electron chi connectivity index (χ4n) is 3.98. The van der Waals surface area contributed by atoms with E-state index in [9.17, 15) is 9.18 Å². The quantitative estimate of drug-likeness (QED) is 0.415. The zero-order valence-corrected chi connectivity index (χ0v) is 19.3. The SMILES string of the molecule is Cc1onc(OC[C@@H](c2ccccc2F)N(C)C)c1-c1ccn2nc(NC(=O)C3CC3)cc2c1. The summed E-state index contributed by atoms with van der Waals surface area (Å²) in [6, 6.07) is 12.0. The average molecular weight is 464 g/mol. The molecule has 9 heteroatoms. The molecule has 0 spiro atoms. The maximum Gasteiger partial charge on any atom is 0.262 e. The largest absolute Gasteiger partial charge is 0.473 e. The Morgan fingerprint density at radius 2 is 2.09 bits per heavy atom. The monoisotopic (exact) mass is 463 g/mol. The summed E-state index contributed by atoms with van der Waals surface area (Å²) in [6.07, 6.45) is 3.69. The van der Waals surface area contributed by atoms with Crippen LogP contribution in [0.15, 0.2) is 53.2 Å². The Labute approximate surface area is 196 Å². The molecule has 5 rings (SSSR count). The van der Waals surface area contributed by atoms with Crippen molar-refractivity contribution in [3.05, 3.63) is 65.8 Å². The fourth-order valence-corrected chi connectivity index (χ4v) is 3.98. The Kier molecular flexibility index (Phi) is 5.79. The second-order valence-electron chi connectivity index (χ2n) is 8.81. The van der Waals surface area contributed by atoms with Gasteiger partial charge in [-0.05, 0) is 62.8 Å². The van der Waals surface area contributed by atoms with Crippen LogP contribution in [0.1, 0.15) is 30.2 Å². The number of rotatable bonds is 8. The van der Waals surface area contributed by atoms with Gasteiger partial charge in [-0.1, -0.05) is 18.2 Å². The van der Waals surface area contributed by atoms with Gasteiger partial charge in [-0.2, -0.15) is 5.10 Å². The molecule has 4 aromatic rings. The molecule has 1 N–H and O–H groups in total. The predicted molar refractivity (Wildman–Crippen MR) is 125 cm³/mol. The molecule has 8 nitrogen and oxygen atoms in total. The normalized spacial score (nSPS) is 14.5. The van der Waals surface area contributed by atoms with Gasteiger partial charge in [0.1, 0.15) is 18.2 Å². The number of halogens is 1. The van der Waals surface area contributed by atoms with E-state index in [0.717, 1.165) is 29.5 Å². The molecule has 0 aliphatic heterocycles. The zero-order chi connectivity index (χ0) is 23.8. The second kappa shape index (κ2) is 8.90. The molecule has 3 heterocycles. The lowest BCUT2D eigenvalue weighted by Crippen LogP contribution is -2.26. The summed E-state index contributed by atoms with van der Waals surface area (Å²) in [6.45, 7) is 2.01. The summed E-state index contributed by atoms with van der Waals surface area (Å²) in [5.41, 5.74) is 2.93. The maximum absolute atomic E-state index is 14.4. The van der Waals surface area contributed by atoms with Crippen molar-refractivity contribution in [2.75, 3.05) is 26.0 Å². The highest BCUT2D eigenvalue weighted by molar-refractivity contribution is 5.93. The standard InChI is InChI=1S/C25H26FN5O3/c1-15-23(17-10-11-31-18(12-17)13-22(28-31)27-24(32)16-8-9-16)25(29-34-15)33-14-21(30(2)3)19-6-4-5-7-20(19)26/h4-7,10-13,16,21H,8-9,14H2,1-3H3,(H,27,28,32)/t21-/m0/s1. The molecule has 0 radical (unpaired) electrons. The highest BCUT2D eigenvalue weighted by Gasteiger charge is 2.30. The van der Waals surface area contributed by atoms with E-state index in [0.29, 0.717) is 23.0 Å². The summed E-state index contributed by atoms with van der Waals surface area (Å²) in [7, 11) is 3.76. The van der Waals surface area contributed by atoms with Gasteiger partial charge in [0.15, 0.2) is 5.82 Å². The molecular formula is C25H26FN5O3. The molecule has 1 aromatic carbocycles. The van der Waals surface area contributed by atoms with E-state index >= 15 is 0 Å².